The third-order valence-corrected chi connectivity index (χ3v) is 4.81. The fourth-order valence-electron chi connectivity index (χ4n) is 3.41. The van der Waals surface area contributed by atoms with Crippen molar-refractivity contribution in [2.24, 2.45) is 0 Å². The molecule has 1 heterocycles. The van der Waals surface area contributed by atoms with Crippen molar-refractivity contribution in [3.05, 3.63) is 71.0 Å². The monoisotopic (exact) mass is 399 g/mol. The Kier molecular flexibility index (Phi) is 6.29. The number of amides is 1. The fraction of sp³-hybridized carbons (Fsp3) is 0.273. The Labute approximate surface area is 168 Å². The topological polar surface area (TPSA) is 76.1 Å². The molecule has 0 bridgehead atoms. The van der Waals surface area contributed by atoms with Crippen LogP contribution in [0.25, 0.3) is 5.76 Å². The number of Topliss-reactive ketones (excluding diaryl/α,β-unsaturated/α-hetero) is 1. The van der Waals surface area contributed by atoms with Crippen LogP contribution in [-0.2, 0) is 14.3 Å². The molecule has 2 aromatic carbocycles. The number of carbonyl (C=O) groups is 2. The number of ether oxygens (including phenoxy) is 2. The third kappa shape index (κ3) is 4.14. The number of ketones is 1. The van der Waals surface area contributed by atoms with E-state index in [1.54, 1.807) is 31.4 Å². The van der Waals surface area contributed by atoms with E-state index < -0.39 is 23.5 Å². The van der Waals surface area contributed by atoms with Gasteiger partial charge in [-0.25, -0.2) is 4.39 Å². The summed E-state index contributed by atoms with van der Waals surface area (Å²) in [6, 6.07) is 11.3. The number of halogens is 1. The highest BCUT2D eigenvalue weighted by Crippen LogP contribution is 2.40. The number of rotatable bonds is 7. The van der Waals surface area contributed by atoms with Gasteiger partial charge in [0.1, 0.15) is 17.3 Å². The molecule has 0 aliphatic carbocycles. The molecule has 29 heavy (non-hydrogen) atoms. The fourth-order valence-corrected chi connectivity index (χ4v) is 3.41. The molecule has 152 valence electrons. The SMILES string of the molecule is COCCCN1C(=O)C(=O)C(=C(O)c2ccc(F)cc2)C1c1cccc(OC)c1. The van der Waals surface area contributed by atoms with Gasteiger partial charge in [0, 0.05) is 25.8 Å². The second-order valence-corrected chi connectivity index (χ2v) is 6.62. The molecule has 0 radical (unpaired) electrons. The average molecular weight is 399 g/mol. The van der Waals surface area contributed by atoms with E-state index in [0.717, 1.165) is 0 Å². The summed E-state index contributed by atoms with van der Waals surface area (Å²) >= 11 is 0. The van der Waals surface area contributed by atoms with Crippen LogP contribution in [0.2, 0.25) is 0 Å². The highest BCUT2D eigenvalue weighted by atomic mass is 19.1. The van der Waals surface area contributed by atoms with Crippen LogP contribution in [0.1, 0.15) is 23.6 Å². The first-order valence-electron chi connectivity index (χ1n) is 9.15. The molecule has 1 aliphatic rings. The lowest BCUT2D eigenvalue weighted by molar-refractivity contribution is -0.140. The Morgan fingerprint density at radius 3 is 2.52 bits per heavy atom. The summed E-state index contributed by atoms with van der Waals surface area (Å²) in [5, 5.41) is 10.8. The van der Waals surface area contributed by atoms with Gasteiger partial charge in [0.25, 0.3) is 11.7 Å². The van der Waals surface area contributed by atoms with Crippen molar-refractivity contribution in [1.29, 1.82) is 0 Å². The molecular formula is C22H22FNO5. The van der Waals surface area contributed by atoms with Crippen molar-refractivity contribution >= 4 is 17.4 Å². The molecule has 1 aliphatic heterocycles. The Hall–Kier alpha value is -3.19. The van der Waals surface area contributed by atoms with Crippen LogP contribution in [-0.4, -0.2) is 49.1 Å². The third-order valence-electron chi connectivity index (χ3n) is 4.81. The van der Waals surface area contributed by atoms with Gasteiger partial charge in [0.05, 0.1) is 18.7 Å². The number of methoxy groups -OCH3 is 2. The number of aliphatic hydroxyl groups is 1. The Morgan fingerprint density at radius 1 is 1.14 bits per heavy atom. The summed E-state index contributed by atoms with van der Waals surface area (Å²) in [6.45, 7) is 0.701. The van der Waals surface area contributed by atoms with Crippen molar-refractivity contribution in [3.63, 3.8) is 0 Å². The molecule has 3 rings (SSSR count). The van der Waals surface area contributed by atoms with Gasteiger partial charge in [0.2, 0.25) is 0 Å². The number of benzene rings is 2. The van der Waals surface area contributed by atoms with Crippen LogP contribution in [0, 0.1) is 5.82 Å². The quantitative estimate of drug-likeness (QED) is 0.335. The summed E-state index contributed by atoms with van der Waals surface area (Å²) < 4.78 is 23.6. The number of hydrogen-bond donors (Lipinski definition) is 1. The van der Waals surface area contributed by atoms with Crippen LogP contribution in [0.5, 0.6) is 5.75 Å². The lowest BCUT2D eigenvalue weighted by Crippen LogP contribution is -2.31. The first kappa shape index (κ1) is 20.5. The van der Waals surface area contributed by atoms with Crippen molar-refractivity contribution in [3.8, 4) is 5.75 Å². The van der Waals surface area contributed by atoms with Crippen LogP contribution < -0.4 is 4.74 Å². The molecule has 1 unspecified atom stereocenters. The van der Waals surface area contributed by atoms with E-state index in [4.69, 9.17) is 9.47 Å². The van der Waals surface area contributed by atoms with Crippen LogP contribution in [0.15, 0.2) is 54.1 Å². The standard InChI is InChI=1S/C22H22FNO5/c1-28-12-4-11-24-19(15-5-3-6-17(13-15)29-2)18(21(26)22(24)27)20(25)14-7-9-16(23)10-8-14/h3,5-10,13,19,25H,4,11-12H2,1-2H3. The maximum absolute atomic E-state index is 13.3. The molecule has 0 saturated carbocycles. The van der Waals surface area contributed by atoms with Gasteiger partial charge in [-0.1, -0.05) is 12.1 Å². The van der Waals surface area contributed by atoms with Gasteiger partial charge in [-0.2, -0.15) is 0 Å². The minimum Gasteiger partial charge on any atom is -0.507 e. The van der Waals surface area contributed by atoms with Crippen molar-refractivity contribution in [2.75, 3.05) is 27.4 Å². The highest BCUT2D eigenvalue weighted by molar-refractivity contribution is 6.46. The van der Waals surface area contributed by atoms with E-state index in [1.165, 1.54) is 36.3 Å². The summed E-state index contributed by atoms with van der Waals surface area (Å²) in [5.41, 5.74) is 0.853. The normalized spacial score (nSPS) is 18.3. The zero-order chi connectivity index (χ0) is 21.0. The largest absolute Gasteiger partial charge is 0.507 e. The lowest BCUT2D eigenvalue weighted by Gasteiger charge is -2.25. The van der Waals surface area contributed by atoms with E-state index in [-0.39, 0.29) is 23.4 Å². The number of aliphatic hydroxyl groups excluding tert-OH is 1. The number of likely N-dealkylation sites (tertiary alicyclic amines) is 1. The average Bonchev–Trinajstić information content (AvgIpc) is 2.99. The van der Waals surface area contributed by atoms with E-state index in [0.29, 0.717) is 24.3 Å². The van der Waals surface area contributed by atoms with E-state index in [1.807, 2.05) is 0 Å². The highest BCUT2D eigenvalue weighted by Gasteiger charge is 2.45. The summed E-state index contributed by atoms with van der Waals surface area (Å²) in [7, 11) is 3.08. The Morgan fingerprint density at radius 2 is 1.86 bits per heavy atom. The van der Waals surface area contributed by atoms with Gasteiger partial charge in [-0.3, -0.25) is 9.59 Å². The van der Waals surface area contributed by atoms with Gasteiger partial charge in [0.15, 0.2) is 0 Å². The molecule has 6 nitrogen and oxygen atoms in total. The zero-order valence-corrected chi connectivity index (χ0v) is 16.2. The molecule has 0 aromatic heterocycles. The smallest absolute Gasteiger partial charge is 0.295 e. The van der Waals surface area contributed by atoms with Crippen LogP contribution >= 0.6 is 0 Å². The van der Waals surface area contributed by atoms with Gasteiger partial charge in [-0.15, -0.1) is 0 Å². The predicted octanol–water partition coefficient (Wildman–Crippen LogP) is 3.29. The summed E-state index contributed by atoms with van der Waals surface area (Å²) in [6.07, 6.45) is 0.528. The van der Waals surface area contributed by atoms with Crippen molar-refractivity contribution < 1.29 is 28.6 Å². The zero-order valence-electron chi connectivity index (χ0n) is 16.2. The molecule has 1 amide bonds. The Balaban J connectivity index is 2.12. The molecule has 7 heteroatoms. The molecule has 1 fully saturated rings. The molecule has 0 spiro atoms. The number of nitrogens with zero attached hydrogens (tertiary/aromatic N) is 1. The van der Waals surface area contributed by atoms with Gasteiger partial charge >= 0.3 is 0 Å². The first-order chi connectivity index (χ1) is 14.0. The maximum atomic E-state index is 13.3. The minimum atomic E-state index is -0.785. The molecule has 1 atom stereocenters. The second-order valence-electron chi connectivity index (χ2n) is 6.62. The minimum absolute atomic E-state index is 0.0349. The maximum Gasteiger partial charge on any atom is 0.295 e. The lowest BCUT2D eigenvalue weighted by atomic mass is 9.95. The van der Waals surface area contributed by atoms with E-state index >= 15 is 0 Å². The number of hydrogen-bond acceptors (Lipinski definition) is 5. The molecule has 2 aromatic rings. The van der Waals surface area contributed by atoms with E-state index in [9.17, 15) is 19.1 Å². The molecule has 1 N–H and O–H groups in total. The van der Waals surface area contributed by atoms with E-state index in [2.05, 4.69) is 0 Å². The van der Waals surface area contributed by atoms with Gasteiger partial charge < -0.3 is 19.5 Å². The molecular weight excluding hydrogens is 377 g/mol. The van der Waals surface area contributed by atoms with Crippen molar-refractivity contribution in [2.45, 2.75) is 12.5 Å². The first-order valence-corrected chi connectivity index (χ1v) is 9.15. The molecule has 1 saturated heterocycles. The van der Waals surface area contributed by atoms with Crippen molar-refractivity contribution in [1.82, 2.24) is 4.90 Å². The summed E-state index contributed by atoms with van der Waals surface area (Å²) in [5.74, 6) is -1.72. The Bertz CT molecular complexity index is 938. The predicted molar refractivity (Wildman–Crippen MR) is 105 cm³/mol. The van der Waals surface area contributed by atoms with Crippen LogP contribution in [0.3, 0.4) is 0 Å². The second kappa shape index (κ2) is 8.87. The van der Waals surface area contributed by atoms with Crippen LogP contribution in [0.4, 0.5) is 4.39 Å². The number of carbonyl (C=O) groups excluding carboxylic acids is 2. The summed E-state index contributed by atoms with van der Waals surface area (Å²) in [4.78, 5) is 27.0. The van der Waals surface area contributed by atoms with Gasteiger partial charge in [-0.05, 0) is 48.4 Å².